The van der Waals surface area contributed by atoms with Gasteiger partial charge >= 0.3 is 7.12 Å². The second-order valence-corrected chi connectivity index (χ2v) is 7.52. The van der Waals surface area contributed by atoms with Crippen molar-refractivity contribution in [2.24, 2.45) is 5.73 Å². The van der Waals surface area contributed by atoms with E-state index in [1.807, 2.05) is 6.07 Å². The molecule has 10 nitrogen and oxygen atoms in total. The summed E-state index contributed by atoms with van der Waals surface area (Å²) in [4.78, 5) is 25.6. The minimum atomic E-state index is -1.52. The molecule has 1 aliphatic heterocycles. The summed E-state index contributed by atoms with van der Waals surface area (Å²) in [5, 5.41) is 25.5. The predicted molar refractivity (Wildman–Crippen MR) is 119 cm³/mol. The molecule has 5 rings (SSSR count). The Morgan fingerprint density at radius 2 is 2.09 bits per heavy atom. The van der Waals surface area contributed by atoms with Crippen LogP contribution in [-0.2, 0) is 19.6 Å². The van der Waals surface area contributed by atoms with Crippen molar-refractivity contribution in [3.05, 3.63) is 71.2 Å². The van der Waals surface area contributed by atoms with Gasteiger partial charge in [-0.2, -0.15) is 0 Å². The molecule has 0 bridgehead atoms. The first-order valence-electron chi connectivity index (χ1n) is 10.1. The Morgan fingerprint density at radius 3 is 2.91 bits per heavy atom. The van der Waals surface area contributed by atoms with Gasteiger partial charge < -0.3 is 26.4 Å². The number of primary amides is 1. The number of aromatic nitrogens is 4. The number of hydrogen-bond acceptors (Lipinski definition) is 8. The number of amides is 1. The van der Waals surface area contributed by atoms with E-state index in [0.29, 0.717) is 53.6 Å². The van der Waals surface area contributed by atoms with Crippen molar-refractivity contribution < 1.29 is 14.8 Å². The highest BCUT2D eigenvalue weighted by molar-refractivity contribution is 6.58. The Labute approximate surface area is 183 Å². The zero-order chi connectivity index (χ0) is 22.2. The van der Waals surface area contributed by atoms with E-state index >= 15 is 0 Å². The van der Waals surface area contributed by atoms with Gasteiger partial charge in [0.25, 0.3) is 5.91 Å². The quantitative estimate of drug-likeness (QED) is 0.264. The monoisotopic (exact) mass is 429 g/mol. The lowest BCUT2D eigenvalue weighted by atomic mass is 9.79. The first-order chi connectivity index (χ1) is 15.5. The average Bonchev–Trinajstić information content (AvgIpc) is 3.44. The van der Waals surface area contributed by atoms with E-state index in [2.05, 4.69) is 15.6 Å². The van der Waals surface area contributed by atoms with E-state index in [-0.39, 0.29) is 0 Å². The number of fused-ring (bicyclic) bond motifs is 2. The molecule has 0 saturated heterocycles. The third-order valence-electron chi connectivity index (χ3n) is 5.43. The molecule has 32 heavy (non-hydrogen) atoms. The fourth-order valence-corrected chi connectivity index (χ4v) is 3.86. The van der Waals surface area contributed by atoms with Gasteiger partial charge in [0.1, 0.15) is 5.82 Å². The highest BCUT2D eigenvalue weighted by Crippen LogP contribution is 2.26. The number of nitrogens with one attached hydrogen (secondary N) is 2. The number of pyridine rings is 1. The molecule has 1 aliphatic rings. The van der Waals surface area contributed by atoms with Gasteiger partial charge in [-0.25, -0.2) is 15.0 Å². The molecular weight excluding hydrogens is 409 g/mol. The van der Waals surface area contributed by atoms with Crippen LogP contribution in [-0.4, -0.2) is 42.4 Å². The van der Waals surface area contributed by atoms with Gasteiger partial charge in [0, 0.05) is 31.4 Å². The van der Waals surface area contributed by atoms with Crippen molar-refractivity contribution in [2.75, 3.05) is 5.32 Å². The summed E-state index contributed by atoms with van der Waals surface area (Å²) in [5.74, 6) is 1.08. The van der Waals surface area contributed by atoms with Crippen molar-refractivity contribution in [2.45, 2.75) is 19.6 Å². The maximum Gasteiger partial charge on any atom is 0.488 e. The van der Waals surface area contributed by atoms with Crippen molar-refractivity contribution >= 4 is 29.8 Å². The molecule has 0 atom stereocenters. The standard InChI is InChI=1S/C21H20BN7O3/c23-18(30)14-5-2-6-29-17(14)11-26-21(29)20-27-16-10-24-9-15(16)19(28-20)25-8-12-3-1-4-13(7-12)22(31)32/h1-7,11,24,31-32H,8-10H2,(H2,23,30)(H,25,27,28). The number of anilines is 1. The molecule has 0 spiro atoms. The number of rotatable bonds is 6. The summed E-state index contributed by atoms with van der Waals surface area (Å²) < 4.78 is 1.75. The molecule has 1 aromatic carbocycles. The normalized spacial score (nSPS) is 12.7. The van der Waals surface area contributed by atoms with Gasteiger partial charge in [0.05, 0.1) is 23.0 Å². The Morgan fingerprint density at radius 1 is 1.22 bits per heavy atom. The lowest BCUT2D eigenvalue weighted by Gasteiger charge is -2.12. The van der Waals surface area contributed by atoms with E-state index in [4.69, 9.17) is 15.7 Å². The molecule has 0 radical (unpaired) electrons. The number of imidazole rings is 1. The van der Waals surface area contributed by atoms with E-state index in [0.717, 1.165) is 16.8 Å². The molecule has 1 amide bonds. The number of nitrogens with two attached hydrogens (primary N) is 1. The third-order valence-corrected chi connectivity index (χ3v) is 5.43. The van der Waals surface area contributed by atoms with Crippen LogP contribution in [0.3, 0.4) is 0 Å². The van der Waals surface area contributed by atoms with Crippen LogP contribution >= 0.6 is 0 Å². The van der Waals surface area contributed by atoms with Crippen molar-refractivity contribution in [3.63, 3.8) is 0 Å². The molecule has 0 aliphatic carbocycles. The van der Waals surface area contributed by atoms with E-state index in [9.17, 15) is 14.8 Å². The molecule has 0 saturated carbocycles. The fraction of sp³-hybridized carbons (Fsp3) is 0.143. The fourth-order valence-electron chi connectivity index (χ4n) is 3.86. The first-order valence-corrected chi connectivity index (χ1v) is 10.1. The van der Waals surface area contributed by atoms with E-state index in [1.54, 1.807) is 47.1 Å². The summed E-state index contributed by atoms with van der Waals surface area (Å²) >= 11 is 0. The van der Waals surface area contributed by atoms with Crippen LogP contribution in [0.4, 0.5) is 5.82 Å². The van der Waals surface area contributed by atoms with Crippen LogP contribution in [0.1, 0.15) is 27.2 Å². The Bertz CT molecular complexity index is 1340. The highest BCUT2D eigenvalue weighted by atomic mass is 16.4. The Hall–Kier alpha value is -3.80. The molecule has 0 fully saturated rings. The maximum absolute atomic E-state index is 11.8. The number of nitrogens with zero attached hydrogens (tertiary/aromatic N) is 4. The molecule has 4 heterocycles. The van der Waals surface area contributed by atoms with Crippen LogP contribution in [0.25, 0.3) is 17.2 Å². The van der Waals surface area contributed by atoms with Gasteiger partial charge in [0.2, 0.25) is 0 Å². The van der Waals surface area contributed by atoms with Crippen LogP contribution in [0.15, 0.2) is 48.8 Å². The molecular formula is C21H20BN7O3. The maximum atomic E-state index is 11.8. The molecule has 0 unspecified atom stereocenters. The zero-order valence-electron chi connectivity index (χ0n) is 17.0. The van der Waals surface area contributed by atoms with Crippen molar-refractivity contribution in [1.29, 1.82) is 0 Å². The SMILES string of the molecule is NC(=O)c1cccn2c(-c3nc4c(c(NCc5cccc(B(O)O)c5)n3)CNC4)ncc12. The van der Waals surface area contributed by atoms with E-state index in [1.165, 1.54) is 0 Å². The molecule has 3 aromatic heterocycles. The number of carbonyl (C=O) groups excluding carboxylic acids is 1. The van der Waals surface area contributed by atoms with Crippen LogP contribution in [0.5, 0.6) is 0 Å². The average molecular weight is 429 g/mol. The second-order valence-electron chi connectivity index (χ2n) is 7.52. The predicted octanol–water partition coefficient (Wildman–Crippen LogP) is -0.215. The topological polar surface area (TPSA) is 151 Å². The Balaban J connectivity index is 1.52. The second kappa shape index (κ2) is 8.04. The molecule has 6 N–H and O–H groups in total. The first kappa shape index (κ1) is 20.1. The highest BCUT2D eigenvalue weighted by Gasteiger charge is 2.22. The largest absolute Gasteiger partial charge is 0.488 e. The minimum absolute atomic E-state index is 0.373. The number of benzene rings is 1. The van der Waals surface area contributed by atoms with Crippen molar-refractivity contribution in [3.8, 4) is 11.6 Å². The minimum Gasteiger partial charge on any atom is -0.423 e. The summed E-state index contributed by atoms with van der Waals surface area (Å²) in [5.41, 5.74) is 9.61. The lowest BCUT2D eigenvalue weighted by molar-refractivity contribution is 0.100. The van der Waals surface area contributed by atoms with Crippen LogP contribution < -0.4 is 21.8 Å². The van der Waals surface area contributed by atoms with Crippen LogP contribution in [0, 0.1) is 0 Å². The lowest BCUT2D eigenvalue weighted by Crippen LogP contribution is -2.30. The van der Waals surface area contributed by atoms with E-state index < -0.39 is 13.0 Å². The molecule has 160 valence electrons. The molecule has 11 heteroatoms. The Kier molecular flexibility index (Phi) is 5.06. The zero-order valence-corrected chi connectivity index (χ0v) is 17.0. The van der Waals surface area contributed by atoms with Crippen LogP contribution in [0.2, 0.25) is 0 Å². The summed E-state index contributed by atoms with van der Waals surface area (Å²) in [6.45, 7) is 1.70. The summed E-state index contributed by atoms with van der Waals surface area (Å²) in [6, 6.07) is 10.4. The number of hydrogen-bond donors (Lipinski definition) is 5. The summed E-state index contributed by atoms with van der Waals surface area (Å²) in [7, 11) is -1.52. The van der Waals surface area contributed by atoms with Gasteiger partial charge in [-0.05, 0) is 23.2 Å². The summed E-state index contributed by atoms with van der Waals surface area (Å²) in [6.07, 6.45) is 3.38. The van der Waals surface area contributed by atoms with Gasteiger partial charge in [0.15, 0.2) is 11.6 Å². The third kappa shape index (κ3) is 3.58. The van der Waals surface area contributed by atoms with Gasteiger partial charge in [-0.15, -0.1) is 0 Å². The smallest absolute Gasteiger partial charge is 0.423 e. The van der Waals surface area contributed by atoms with Crippen molar-refractivity contribution in [1.82, 2.24) is 24.7 Å². The van der Waals surface area contributed by atoms with Gasteiger partial charge in [-0.1, -0.05) is 24.3 Å². The number of carbonyl (C=O) groups is 1. The molecule has 4 aromatic rings. The van der Waals surface area contributed by atoms with Gasteiger partial charge in [-0.3, -0.25) is 9.20 Å².